The van der Waals surface area contributed by atoms with Crippen LogP contribution in [-0.4, -0.2) is 37.3 Å². The molecule has 0 bridgehead atoms. The Morgan fingerprint density at radius 1 is 1.33 bits per heavy atom. The Hall–Kier alpha value is -1.84. The summed E-state index contributed by atoms with van der Waals surface area (Å²) in [5, 5.41) is 0. The first-order chi connectivity index (χ1) is 8.58. The Kier molecular flexibility index (Phi) is 4.89. The van der Waals surface area contributed by atoms with Gasteiger partial charge in [-0.2, -0.15) is 0 Å². The van der Waals surface area contributed by atoms with E-state index in [2.05, 4.69) is 0 Å². The molecule has 0 aliphatic carbocycles. The Morgan fingerprint density at radius 2 is 1.94 bits per heavy atom. The molecule has 0 heterocycles. The number of carbonyl (C=O) groups excluding carboxylic acids is 2. The fraction of sp³-hybridized carbons (Fsp3) is 0.429. The van der Waals surface area contributed by atoms with Gasteiger partial charge in [-0.25, -0.2) is 0 Å². The van der Waals surface area contributed by atoms with Crippen LogP contribution in [0.3, 0.4) is 0 Å². The molecule has 1 aromatic carbocycles. The number of amides is 1. The third-order valence-corrected chi connectivity index (χ3v) is 2.89. The first kappa shape index (κ1) is 14.2. The summed E-state index contributed by atoms with van der Waals surface area (Å²) in [4.78, 5) is 25.2. The Morgan fingerprint density at radius 3 is 2.39 bits per heavy atom. The summed E-state index contributed by atoms with van der Waals surface area (Å²) in [7, 11) is 1.50. The normalized spacial score (nSPS) is 10.0. The smallest absolute Gasteiger partial charge is 0.258 e. The third-order valence-electron chi connectivity index (χ3n) is 2.89. The van der Waals surface area contributed by atoms with Gasteiger partial charge in [0.1, 0.15) is 5.75 Å². The van der Waals surface area contributed by atoms with Crippen LogP contribution in [0.5, 0.6) is 5.75 Å². The third kappa shape index (κ3) is 2.70. The van der Waals surface area contributed by atoms with Crippen molar-refractivity contribution in [3.8, 4) is 5.75 Å². The number of hydrogen-bond donors (Lipinski definition) is 0. The first-order valence-electron chi connectivity index (χ1n) is 6.02. The quantitative estimate of drug-likeness (QED) is 0.752. The SMILES string of the molecule is CCN(CC)C(=O)c1c(C=O)cc(C)cc1OC. The highest BCUT2D eigenvalue weighted by molar-refractivity contribution is 6.04. The van der Waals surface area contributed by atoms with E-state index in [0.717, 1.165) is 5.56 Å². The van der Waals surface area contributed by atoms with Crippen LogP contribution in [0.2, 0.25) is 0 Å². The van der Waals surface area contributed by atoms with Crippen molar-refractivity contribution in [2.45, 2.75) is 20.8 Å². The largest absolute Gasteiger partial charge is 0.496 e. The predicted molar refractivity (Wildman–Crippen MR) is 70.4 cm³/mol. The Labute approximate surface area is 108 Å². The minimum absolute atomic E-state index is 0.168. The molecular formula is C14H19NO3. The number of benzene rings is 1. The molecule has 0 aliphatic rings. The van der Waals surface area contributed by atoms with Crippen LogP contribution in [0.25, 0.3) is 0 Å². The van der Waals surface area contributed by atoms with E-state index >= 15 is 0 Å². The molecule has 0 radical (unpaired) electrons. The molecule has 1 aromatic rings. The second-order valence-corrected chi connectivity index (χ2v) is 4.03. The molecule has 1 rings (SSSR count). The van der Waals surface area contributed by atoms with Gasteiger partial charge in [0.05, 0.1) is 12.7 Å². The van der Waals surface area contributed by atoms with Crippen molar-refractivity contribution in [3.63, 3.8) is 0 Å². The average molecular weight is 249 g/mol. The standard InChI is InChI=1S/C14H19NO3/c1-5-15(6-2)14(17)13-11(9-16)7-10(3)8-12(13)18-4/h7-9H,5-6H2,1-4H3. The van der Waals surface area contributed by atoms with E-state index in [0.29, 0.717) is 36.3 Å². The molecule has 0 aromatic heterocycles. The van der Waals surface area contributed by atoms with E-state index in [1.807, 2.05) is 20.8 Å². The molecular weight excluding hydrogens is 230 g/mol. The average Bonchev–Trinajstić information content (AvgIpc) is 2.38. The van der Waals surface area contributed by atoms with Crippen LogP contribution in [-0.2, 0) is 0 Å². The summed E-state index contributed by atoms with van der Waals surface area (Å²) in [6.07, 6.45) is 0.701. The molecule has 4 heteroatoms. The number of carbonyl (C=O) groups is 2. The van der Waals surface area contributed by atoms with Crippen molar-refractivity contribution in [1.29, 1.82) is 0 Å². The second kappa shape index (κ2) is 6.19. The van der Waals surface area contributed by atoms with Gasteiger partial charge in [0.15, 0.2) is 6.29 Å². The van der Waals surface area contributed by atoms with E-state index in [1.165, 1.54) is 7.11 Å². The number of ether oxygens (including phenoxy) is 1. The van der Waals surface area contributed by atoms with Crippen LogP contribution < -0.4 is 4.74 Å². The first-order valence-corrected chi connectivity index (χ1v) is 6.02. The van der Waals surface area contributed by atoms with Gasteiger partial charge in [0.25, 0.3) is 5.91 Å². The molecule has 0 N–H and O–H groups in total. The van der Waals surface area contributed by atoms with E-state index in [1.54, 1.807) is 17.0 Å². The van der Waals surface area contributed by atoms with Crippen molar-refractivity contribution < 1.29 is 14.3 Å². The minimum atomic E-state index is -0.168. The van der Waals surface area contributed by atoms with Crippen molar-refractivity contribution >= 4 is 12.2 Å². The zero-order chi connectivity index (χ0) is 13.7. The van der Waals surface area contributed by atoms with Gasteiger partial charge >= 0.3 is 0 Å². The van der Waals surface area contributed by atoms with Gasteiger partial charge in [0, 0.05) is 18.7 Å². The summed E-state index contributed by atoms with van der Waals surface area (Å²) in [6, 6.07) is 3.47. The molecule has 0 saturated heterocycles. The number of methoxy groups -OCH3 is 1. The summed E-state index contributed by atoms with van der Waals surface area (Å²) in [5.74, 6) is 0.285. The van der Waals surface area contributed by atoms with E-state index in [4.69, 9.17) is 4.74 Å². The van der Waals surface area contributed by atoms with Crippen molar-refractivity contribution in [1.82, 2.24) is 4.90 Å². The highest BCUT2D eigenvalue weighted by Crippen LogP contribution is 2.25. The fourth-order valence-corrected chi connectivity index (χ4v) is 1.93. The minimum Gasteiger partial charge on any atom is -0.496 e. The zero-order valence-electron chi connectivity index (χ0n) is 11.3. The van der Waals surface area contributed by atoms with Crippen molar-refractivity contribution in [2.75, 3.05) is 20.2 Å². The van der Waals surface area contributed by atoms with Crippen LogP contribution in [0, 0.1) is 6.92 Å². The van der Waals surface area contributed by atoms with E-state index in [9.17, 15) is 9.59 Å². The molecule has 0 unspecified atom stereocenters. The molecule has 18 heavy (non-hydrogen) atoms. The van der Waals surface area contributed by atoms with Gasteiger partial charge in [-0.05, 0) is 38.5 Å². The van der Waals surface area contributed by atoms with E-state index in [-0.39, 0.29) is 5.91 Å². The molecule has 4 nitrogen and oxygen atoms in total. The summed E-state index contributed by atoms with van der Waals surface area (Å²) >= 11 is 0. The molecule has 0 atom stereocenters. The molecule has 0 fully saturated rings. The van der Waals surface area contributed by atoms with Crippen LogP contribution in [0.15, 0.2) is 12.1 Å². The molecule has 0 spiro atoms. The summed E-state index contributed by atoms with van der Waals surface area (Å²) in [6.45, 7) is 6.88. The summed E-state index contributed by atoms with van der Waals surface area (Å²) < 4.78 is 5.22. The number of aldehydes is 1. The predicted octanol–water partition coefficient (Wildman–Crippen LogP) is 2.30. The number of aryl methyl sites for hydroxylation is 1. The van der Waals surface area contributed by atoms with Crippen molar-refractivity contribution in [3.05, 3.63) is 28.8 Å². The fourth-order valence-electron chi connectivity index (χ4n) is 1.93. The lowest BCUT2D eigenvalue weighted by molar-refractivity contribution is 0.0766. The number of rotatable bonds is 5. The van der Waals surface area contributed by atoms with Gasteiger partial charge in [-0.1, -0.05) is 0 Å². The summed E-state index contributed by atoms with van der Waals surface area (Å²) in [5.41, 5.74) is 1.62. The Bertz CT molecular complexity index is 451. The van der Waals surface area contributed by atoms with Gasteiger partial charge < -0.3 is 9.64 Å². The molecule has 98 valence electrons. The number of nitrogens with zero attached hydrogens (tertiary/aromatic N) is 1. The Balaban J connectivity index is 3.37. The number of hydrogen-bond acceptors (Lipinski definition) is 3. The molecule has 1 amide bonds. The highest BCUT2D eigenvalue weighted by Gasteiger charge is 2.21. The second-order valence-electron chi connectivity index (χ2n) is 4.03. The van der Waals surface area contributed by atoms with Crippen LogP contribution in [0.4, 0.5) is 0 Å². The maximum atomic E-state index is 12.4. The lowest BCUT2D eigenvalue weighted by atomic mass is 10.0. The lowest BCUT2D eigenvalue weighted by Crippen LogP contribution is -2.31. The molecule has 0 aliphatic heterocycles. The lowest BCUT2D eigenvalue weighted by Gasteiger charge is -2.21. The highest BCUT2D eigenvalue weighted by atomic mass is 16.5. The maximum absolute atomic E-state index is 12.4. The van der Waals surface area contributed by atoms with Crippen molar-refractivity contribution in [2.24, 2.45) is 0 Å². The van der Waals surface area contributed by atoms with Gasteiger partial charge in [-0.15, -0.1) is 0 Å². The monoisotopic (exact) mass is 249 g/mol. The van der Waals surface area contributed by atoms with Gasteiger partial charge in [0.2, 0.25) is 0 Å². The molecule has 0 saturated carbocycles. The van der Waals surface area contributed by atoms with Crippen LogP contribution in [0.1, 0.15) is 40.1 Å². The topological polar surface area (TPSA) is 46.6 Å². The van der Waals surface area contributed by atoms with Crippen LogP contribution >= 0.6 is 0 Å². The maximum Gasteiger partial charge on any atom is 0.258 e. The van der Waals surface area contributed by atoms with Gasteiger partial charge in [-0.3, -0.25) is 9.59 Å². The zero-order valence-corrected chi connectivity index (χ0v) is 11.3. The van der Waals surface area contributed by atoms with E-state index < -0.39 is 0 Å².